The lowest BCUT2D eigenvalue weighted by Crippen LogP contribution is -2.15. The number of aryl methyl sites for hydroxylation is 1. The number of amides is 1. The van der Waals surface area contributed by atoms with Crippen LogP contribution in [0.2, 0.25) is 0 Å². The smallest absolute Gasteiger partial charge is 0.339 e. The van der Waals surface area contributed by atoms with E-state index in [1.807, 2.05) is 6.92 Å². The van der Waals surface area contributed by atoms with Gasteiger partial charge in [0, 0.05) is 0 Å². The number of hydrogen-bond acceptors (Lipinski definition) is 4. The van der Waals surface area contributed by atoms with Crippen LogP contribution >= 0.6 is 0 Å². The molecule has 0 saturated heterocycles. The molecule has 0 spiro atoms. The molecular weight excluding hydrogens is 246 g/mol. The second-order valence-electron chi connectivity index (χ2n) is 3.97. The maximum Gasteiger partial charge on any atom is 0.339 e. The molecule has 1 amide bonds. The molecule has 1 heterocycles. The summed E-state index contributed by atoms with van der Waals surface area (Å²) in [6.45, 7) is 1.85. The summed E-state index contributed by atoms with van der Waals surface area (Å²) in [7, 11) is 1.29. The van der Waals surface area contributed by atoms with E-state index >= 15 is 0 Å². The van der Waals surface area contributed by atoms with Gasteiger partial charge in [-0.3, -0.25) is 4.79 Å². The van der Waals surface area contributed by atoms with E-state index in [9.17, 15) is 9.59 Å². The fourth-order valence-corrected chi connectivity index (χ4v) is 1.64. The quantitative estimate of drug-likeness (QED) is 0.860. The Labute approximate surface area is 110 Å². The summed E-state index contributed by atoms with van der Waals surface area (Å²) in [5.41, 5.74) is 1.60. The van der Waals surface area contributed by atoms with E-state index in [1.54, 1.807) is 30.3 Å². The molecule has 1 N–H and O–H groups in total. The van der Waals surface area contributed by atoms with Crippen molar-refractivity contribution in [2.75, 3.05) is 12.4 Å². The van der Waals surface area contributed by atoms with Crippen LogP contribution < -0.4 is 5.32 Å². The number of carbonyl (C=O) groups excluding carboxylic acids is 2. The third kappa shape index (κ3) is 2.82. The molecule has 0 atom stereocenters. The highest BCUT2D eigenvalue weighted by molar-refractivity contribution is 6.06. The molecule has 0 fully saturated rings. The number of furan rings is 1. The fourth-order valence-electron chi connectivity index (χ4n) is 1.64. The number of ether oxygens (including phenoxy) is 1. The monoisotopic (exact) mass is 259 g/mol. The summed E-state index contributed by atoms with van der Waals surface area (Å²) in [5, 5.41) is 2.62. The van der Waals surface area contributed by atoms with Gasteiger partial charge in [-0.25, -0.2) is 4.79 Å². The number of methoxy groups -OCH3 is 1. The molecule has 5 heteroatoms. The van der Waals surface area contributed by atoms with E-state index in [0.29, 0.717) is 11.3 Å². The highest BCUT2D eigenvalue weighted by atomic mass is 16.5. The van der Waals surface area contributed by atoms with E-state index in [1.165, 1.54) is 13.4 Å². The molecular formula is C14H13NO4. The maximum atomic E-state index is 11.9. The van der Waals surface area contributed by atoms with Crippen LogP contribution in [0.4, 0.5) is 5.69 Å². The van der Waals surface area contributed by atoms with Crippen molar-refractivity contribution >= 4 is 17.6 Å². The SMILES string of the molecule is COC(=O)c1cc(C)ccc1NC(=O)c1ccco1. The number of nitrogens with one attached hydrogen (secondary N) is 1. The standard InChI is InChI=1S/C14H13NO4/c1-9-5-6-11(10(8-9)14(17)18-2)15-13(16)12-4-3-7-19-12/h3-8H,1-2H3,(H,15,16). The first-order valence-corrected chi connectivity index (χ1v) is 5.65. The van der Waals surface area contributed by atoms with E-state index < -0.39 is 11.9 Å². The zero-order chi connectivity index (χ0) is 13.8. The summed E-state index contributed by atoms with van der Waals surface area (Å²) < 4.78 is 9.68. The van der Waals surface area contributed by atoms with E-state index in [-0.39, 0.29) is 5.76 Å². The number of rotatable bonds is 3. The van der Waals surface area contributed by atoms with E-state index in [0.717, 1.165) is 5.56 Å². The lowest BCUT2D eigenvalue weighted by Gasteiger charge is -2.09. The van der Waals surface area contributed by atoms with Gasteiger partial charge in [0.1, 0.15) is 0 Å². The van der Waals surface area contributed by atoms with Crippen molar-refractivity contribution < 1.29 is 18.7 Å². The van der Waals surface area contributed by atoms with Crippen molar-refractivity contribution in [2.45, 2.75) is 6.92 Å². The third-order valence-corrected chi connectivity index (χ3v) is 2.57. The van der Waals surface area contributed by atoms with Gasteiger partial charge in [0.2, 0.25) is 0 Å². The van der Waals surface area contributed by atoms with Crippen LogP contribution in [0.15, 0.2) is 41.0 Å². The minimum Gasteiger partial charge on any atom is -0.465 e. The zero-order valence-electron chi connectivity index (χ0n) is 10.6. The van der Waals surface area contributed by atoms with E-state index in [2.05, 4.69) is 5.32 Å². The molecule has 1 aromatic carbocycles. The predicted molar refractivity (Wildman–Crippen MR) is 69.2 cm³/mol. The summed E-state index contributed by atoms with van der Waals surface area (Å²) in [5.74, 6) is -0.742. The Morgan fingerprint density at radius 1 is 1.26 bits per heavy atom. The summed E-state index contributed by atoms with van der Waals surface area (Å²) in [6.07, 6.45) is 1.41. The van der Waals surface area contributed by atoms with Gasteiger partial charge in [0.25, 0.3) is 5.91 Å². The Morgan fingerprint density at radius 3 is 2.68 bits per heavy atom. The molecule has 0 aliphatic rings. The van der Waals surface area contributed by atoms with Crippen molar-refractivity contribution in [3.63, 3.8) is 0 Å². The molecule has 5 nitrogen and oxygen atoms in total. The second-order valence-corrected chi connectivity index (χ2v) is 3.97. The van der Waals surface area contributed by atoms with Gasteiger partial charge in [0.05, 0.1) is 24.6 Å². The van der Waals surface area contributed by atoms with Crippen LogP contribution in [0.1, 0.15) is 26.5 Å². The highest BCUT2D eigenvalue weighted by Crippen LogP contribution is 2.19. The number of esters is 1. The largest absolute Gasteiger partial charge is 0.465 e. The molecule has 2 aromatic rings. The Hall–Kier alpha value is -2.56. The zero-order valence-corrected chi connectivity index (χ0v) is 10.6. The van der Waals surface area contributed by atoms with Crippen molar-refractivity contribution in [1.82, 2.24) is 0 Å². The first-order chi connectivity index (χ1) is 9.11. The van der Waals surface area contributed by atoms with Gasteiger partial charge >= 0.3 is 5.97 Å². The Balaban J connectivity index is 2.29. The van der Waals surface area contributed by atoms with Crippen molar-refractivity contribution in [1.29, 1.82) is 0 Å². The first-order valence-electron chi connectivity index (χ1n) is 5.65. The summed E-state index contributed by atoms with van der Waals surface area (Å²) in [6, 6.07) is 8.27. The van der Waals surface area contributed by atoms with Gasteiger partial charge in [0.15, 0.2) is 5.76 Å². The van der Waals surface area contributed by atoms with Gasteiger partial charge in [-0.1, -0.05) is 11.6 Å². The minimum atomic E-state index is -0.501. The molecule has 0 unspecified atom stereocenters. The minimum absolute atomic E-state index is 0.177. The average Bonchev–Trinajstić information content (AvgIpc) is 2.94. The number of benzene rings is 1. The third-order valence-electron chi connectivity index (χ3n) is 2.57. The van der Waals surface area contributed by atoms with Crippen LogP contribution in [-0.4, -0.2) is 19.0 Å². The second kappa shape index (κ2) is 5.39. The van der Waals surface area contributed by atoms with E-state index in [4.69, 9.17) is 9.15 Å². The van der Waals surface area contributed by atoms with Crippen molar-refractivity contribution in [3.8, 4) is 0 Å². The molecule has 19 heavy (non-hydrogen) atoms. The molecule has 0 aliphatic carbocycles. The molecule has 0 bridgehead atoms. The van der Waals surface area contributed by atoms with Crippen LogP contribution in [0.5, 0.6) is 0 Å². The Morgan fingerprint density at radius 2 is 2.05 bits per heavy atom. The maximum absolute atomic E-state index is 11.9. The molecule has 1 aromatic heterocycles. The molecule has 0 radical (unpaired) electrons. The summed E-state index contributed by atoms with van der Waals surface area (Å²) >= 11 is 0. The molecule has 2 rings (SSSR count). The lowest BCUT2D eigenvalue weighted by molar-refractivity contribution is 0.0602. The van der Waals surface area contributed by atoms with Gasteiger partial charge in [-0.05, 0) is 31.2 Å². The van der Waals surface area contributed by atoms with Crippen LogP contribution in [0.3, 0.4) is 0 Å². The Kier molecular flexibility index (Phi) is 3.66. The van der Waals surface area contributed by atoms with Crippen LogP contribution in [-0.2, 0) is 4.74 Å². The summed E-state index contributed by atoms with van der Waals surface area (Å²) in [4.78, 5) is 23.5. The van der Waals surface area contributed by atoms with Gasteiger partial charge < -0.3 is 14.5 Å². The normalized spacial score (nSPS) is 10.0. The van der Waals surface area contributed by atoms with Gasteiger partial charge in [-0.15, -0.1) is 0 Å². The van der Waals surface area contributed by atoms with Crippen LogP contribution in [0.25, 0.3) is 0 Å². The predicted octanol–water partition coefficient (Wildman–Crippen LogP) is 2.63. The van der Waals surface area contributed by atoms with Crippen LogP contribution in [0, 0.1) is 6.92 Å². The fraction of sp³-hybridized carbons (Fsp3) is 0.143. The number of hydrogen-bond donors (Lipinski definition) is 1. The number of anilines is 1. The first kappa shape index (κ1) is 12.9. The van der Waals surface area contributed by atoms with Crippen molar-refractivity contribution in [3.05, 3.63) is 53.5 Å². The highest BCUT2D eigenvalue weighted by Gasteiger charge is 2.16. The lowest BCUT2D eigenvalue weighted by atomic mass is 10.1. The topological polar surface area (TPSA) is 68.5 Å². The Bertz CT molecular complexity index is 602. The average molecular weight is 259 g/mol. The number of carbonyl (C=O) groups is 2. The molecule has 0 aliphatic heterocycles. The van der Waals surface area contributed by atoms with Crippen molar-refractivity contribution in [2.24, 2.45) is 0 Å². The van der Waals surface area contributed by atoms with Gasteiger partial charge in [-0.2, -0.15) is 0 Å². The molecule has 0 saturated carbocycles. The molecule has 98 valence electrons.